The van der Waals surface area contributed by atoms with E-state index in [1.165, 1.54) is 0 Å². The summed E-state index contributed by atoms with van der Waals surface area (Å²) in [7, 11) is 0. The normalized spacial score (nSPS) is 8.00. The molecule has 0 aliphatic rings. The molecule has 0 saturated carbocycles. The van der Waals surface area contributed by atoms with Gasteiger partial charge in [-0.15, -0.1) is 0 Å². The van der Waals surface area contributed by atoms with E-state index in [9.17, 15) is 0 Å². The van der Waals surface area contributed by atoms with Crippen LogP contribution >= 0.6 is 0 Å². The van der Waals surface area contributed by atoms with E-state index in [0.717, 1.165) is 6.42 Å². The minimum absolute atomic E-state index is 0.0972. The Balaban J connectivity index is 0. The highest BCUT2D eigenvalue weighted by Gasteiger charge is 1.69. The highest BCUT2D eigenvalue weighted by Crippen LogP contribution is 1.62. The van der Waals surface area contributed by atoms with E-state index in [1.54, 1.807) is 0 Å². The van der Waals surface area contributed by atoms with Gasteiger partial charge in [-0.25, -0.2) is 0 Å². The van der Waals surface area contributed by atoms with Crippen LogP contribution in [0.3, 0.4) is 0 Å². The first-order valence-electron chi connectivity index (χ1n) is 2.95. The lowest BCUT2D eigenvalue weighted by Crippen LogP contribution is -2.02. The van der Waals surface area contributed by atoms with Gasteiger partial charge in [-0.2, -0.15) is 0 Å². The van der Waals surface area contributed by atoms with Crippen LogP contribution in [-0.4, -0.2) is 36.5 Å². The lowest BCUT2D eigenvalue weighted by Gasteiger charge is -1.80. The summed E-state index contributed by atoms with van der Waals surface area (Å²) in [4.78, 5) is 0. The van der Waals surface area contributed by atoms with Gasteiger partial charge in [-0.3, -0.25) is 0 Å². The molecule has 9 heavy (non-hydrogen) atoms. The van der Waals surface area contributed by atoms with Gasteiger partial charge in [-0.05, 0) is 13.0 Å². The molecule has 0 bridgehead atoms. The molecule has 0 rings (SSSR count). The zero-order chi connectivity index (χ0) is 7.54. The number of nitrogens with two attached hydrogens (primary N) is 2. The molecule has 0 spiro atoms. The maximum atomic E-state index is 7.99. The molecular formula is C5H16N2O2. The van der Waals surface area contributed by atoms with Gasteiger partial charge in [0.05, 0.1) is 6.61 Å². The van der Waals surface area contributed by atoms with Crippen LogP contribution in [0.1, 0.15) is 6.42 Å². The van der Waals surface area contributed by atoms with Gasteiger partial charge in [0.2, 0.25) is 0 Å². The van der Waals surface area contributed by atoms with Crippen LogP contribution < -0.4 is 11.5 Å². The minimum Gasteiger partial charge on any atom is -0.396 e. The summed E-state index contributed by atoms with van der Waals surface area (Å²) in [5, 5.41) is 15.7. The summed E-state index contributed by atoms with van der Waals surface area (Å²) in [5.74, 6) is 0. The lowest BCUT2D eigenvalue weighted by atomic mass is 10.5. The highest BCUT2D eigenvalue weighted by atomic mass is 16.3. The molecule has 0 fully saturated rings. The number of aliphatic hydroxyl groups is 2. The van der Waals surface area contributed by atoms with Crippen LogP contribution in [0, 0.1) is 0 Å². The molecule has 0 aromatic heterocycles. The molecular weight excluding hydrogens is 120 g/mol. The Hall–Kier alpha value is -0.160. The molecule has 4 heteroatoms. The van der Waals surface area contributed by atoms with Crippen LogP contribution in [0.2, 0.25) is 0 Å². The second kappa shape index (κ2) is 15.7. The molecule has 58 valence electrons. The van der Waals surface area contributed by atoms with Crippen molar-refractivity contribution < 1.29 is 10.2 Å². The molecule has 0 saturated heterocycles. The van der Waals surface area contributed by atoms with Gasteiger partial charge >= 0.3 is 0 Å². The first kappa shape index (κ1) is 11.6. The van der Waals surface area contributed by atoms with Gasteiger partial charge in [-0.1, -0.05) is 0 Å². The Morgan fingerprint density at radius 2 is 1.33 bits per heavy atom. The quantitative estimate of drug-likeness (QED) is 0.371. The van der Waals surface area contributed by atoms with E-state index in [0.29, 0.717) is 13.1 Å². The van der Waals surface area contributed by atoms with E-state index < -0.39 is 0 Å². The van der Waals surface area contributed by atoms with Crippen molar-refractivity contribution in [3.63, 3.8) is 0 Å². The Morgan fingerprint density at radius 3 is 1.33 bits per heavy atom. The fourth-order valence-corrected chi connectivity index (χ4v) is 0.0913. The zero-order valence-corrected chi connectivity index (χ0v) is 5.58. The van der Waals surface area contributed by atoms with Crippen LogP contribution in [0.4, 0.5) is 0 Å². The second-order valence-electron chi connectivity index (χ2n) is 1.38. The first-order valence-corrected chi connectivity index (χ1v) is 2.95. The Kier molecular flexibility index (Phi) is 20.2. The van der Waals surface area contributed by atoms with E-state index in [1.807, 2.05) is 0 Å². The monoisotopic (exact) mass is 136 g/mol. The molecule has 0 amide bonds. The minimum atomic E-state index is 0.0972. The Bertz CT molecular complexity index is 32.1. The molecule has 0 aromatic carbocycles. The third kappa shape index (κ3) is 33.2. The zero-order valence-electron chi connectivity index (χ0n) is 5.58. The predicted octanol–water partition coefficient (Wildman–Crippen LogP) is -1.74. The van der Waals surface area contributed by atoms with Crippen molar-refractivity contribution in [1.29, 1.82) is 0 Å². The van der Waals surface area contributed by atoms with Crippen LogP contribution in [0.15, 0.2) is 0 Å². The number of hydrogen-bond acceptors (Lipinski definition) is 4. The molecule has 0 atom stereocenters. The summed E-state index contributed by atoms with van der Waals surface area (Å²) in [6, 6.07) is 0. The molecule has 0 aliphatic heterocycles. The van der Waals surface area contributed by atoms with Crippen molar-refractivity contribution in [1.82, 2.24) is 0 Å². The Morgan fingerprint density at radius 1 is 0.889 bits per heavy atom. The van der Waals surface area contributed by atoms with Crippen LogP contribution in [-0.2, 0) is 0 Å². The molecule has 6 N–H and O–H groups in total. The fourth-order valence-electron chi connectivity index (χ4n) is 0.0913. The summed E-state index contributed by atoms with van der Waals surface area (Å²) in [6.45, 7) is 1.28. The van der Waals surface area contributed by atoms with E-state index in [2.05, 4.69) is 0 Å². The standard InChI is InChI=1S/C3H9NO.C2H7NO/c4-2-1-3-5;3-1-2-4/h5H,1-4H2;4H,1-3H2. The SMILES string of the molecule is NCCCO.NCCO. The van der Waals surface area contributed by atoms with Crippen molar-refractivity contribution in [2.24, 2.45) is 11.5 Å². The predicted molar refractivity (Wildman–Crippen MR) is 36.9 cm³/mol. The van der Waals surface area contributed by atoms with Gasteiger partial charge in [0, 0.05) is 13.2 Å². The van der Waals surface area contributed by atoms with Crippen LogP contribution in [0.25, 0.3) is 0 Å². The maximum absolute atomic E-state index is 7.99. The van der Waals surface area contributed by atoms with E-state index >= 15 is 0 Å². The van der Waals surface area contributed by atoms with E-state index in [-0.39, 0.29) is 13.2 Å². The average molecular weight is 136 g/mol. The molecule has 0 aliphatic carbocycles. The third-order valence-corrected chi connectivity index (χ3v) is 0.491. The van der Waals surface area contributed by atoms with Gasteiger partial charge < -0.3 is 21.7 Å². The van der Waals surface area contributed by atoms with Crippen LogP contribution in [0.5, 0.6) is 0 Å². The molecule has 0 heterocycles. The van der Waals surface area contributed by atoms with Crippen molar-refractivity contribution in [2.45, 2.75) is 6.42 Å². The molecule has 0 aromatic rings. The number of hydrogen-bond donors (Lipinski definition) is 4. The highest BCUT2D eigenvalue weighted by molar-refractivity contribution is 4.28. The second-order valence-corrected chi connectivity index (χ2v) is 1.38. The maximum Gasteiger partial charge on any atom is 0.0553 e. The summed E-state index contributed by atoms with van der Waals surface area (Å²) >= 11 is 0. The first-order chi connectivity index (χ1) is 4.33. The van der Waals surface area contributed by atoms with Gasteiger partial charge in [0.25, 0.3) is 0 Å². The smallest absolute Gasteiger partial charge is 0.0553 e. The summed E-state index contributed by atoms with van der Waals surface area (Å²) in [5.41, 5.74) is 9.76. The van der Waals surface area contributed by atoms with Gasteiger partial charge in [0.15, 0.2) is 0 Å². The topological polar surface area (TPSA) is 92.5 Å². The molecule has 0 unspecified atom stereocenters. The van der Waals surface area contributed by atoms with E-state index in [4.69, 9.17) is 21.7 Å². The fraction of sp³-hybridized carbons (Fsp3) is 1.00. The van der Waals surface area contributed by atoms with Crippen molar-refractivity contribution in [2.75, 3.05) is 26.3 Å². The van der Waals surface area contributed by atoms with Crippen molar-refractivity contribution in [3.05, 3.63) is 0 Å². The number of rotatable bonds is 3. The number of aliphatic hydroxyl groups excluding tert-OH is 2. The molecule has 4 nitrogen and oxygen atoms in total. The largest absolute Gasteiger partial charge is 0.396 e. The summed E-state index contributed by atoms with van der Waals surface area (Å²) in [6.07, 6.45) is 0.722. The Labute approximate surface area is 55.5 Å². The average Bonchev–Trinajstić information content (AvgIpc) is 1.91. The third-order valence-electron chi connectivity index (χ3n) is 0.491. The van der Waals surface area contributed by atoms with Gasteiger partial charge in [0.1, 0.15) is 0 Å². The molecule has 0 radical (unpaired) electrons. The van der Waals surface area contributed by atoms with Crippen molar-refractivity contribution >= 4 is 0 Å². The summed E-state index contributed by atoms with van der Waals surface area (Å²) < 4.78 is 0. The van der Waals surface area contributed by atoms with Crippen molar-refractivity contribution in [3.8, 4) is 0 Å². The lowest BCUT2D eigenvalue weighted by molar-refractivity contribution is 0.291.